The van der Waals surface area contributed by atoms with Gasteiger partial charge in [-0.05, 0) is 25.8 Å². The van der Waals surface area contributed by atoms with Crippen molar-refractivity contribution >= 4 is 11.6 Å². The summed E-state index contributed by atoms with van der Waals surface area (Å²) in [7, 11) is 0. The Bertz CT molecular complexity index is 598. The summed E-state index contributed by atoms with van der Waals surface area (Å²) in [6, 6.07) is 6.25. The second-order valence-electron chi connectivity index (χ2n) is 6.95. The highest BCUT2D eigenvalue weighted by molar-refractivity contribution is 5.79. The van der Waals surface area contributed by atoms with E-state index < -0.39 is 4.92 Å². The second kappa shape index (κ2) is 6.66. The number of rotatable bonds is 6. The van der Waals surface area contributed by atoms with Crippen molar-refractivity contribution in [1.29, 1.82) is 0 Å². The van der Waals surface area contributed by atoms with Crippen LogP contribution in [0.2, 0.25) is 0 Å². The molecule has 1 N–H and O–H groups in total. The van der Waals surface area contributed by atoms with E-state index in [2.05, 4.69) is 19.2 Å². The Hall–Kier alpha value is -1.95. The smallest absolute Gasteiger partial charge is 0.269 e. The molecule has 1 aromatic carbocycles. The largest absolute Gasteiger partial charge is 0.375 e. The maximum absolute atomic E-state index is 12.2. The summed E-state index contributed by atoms with van der Waals surface area (Å²) >= 11 is 0. The zero-order chi connectivity index (χ0) is 17.2. The minimum absolute atomic E-state index is 0.00433. The van der Waals surface area contributed by atoms with Crippen molar-refractivity contribution < 1.29 is 14.5 Å². The van der Waals surface area contributed by atoms with Crippen molar-refractivity contribution in [3.8, 4) is 0 Å². The average molecular weight is 320 g/mol. The van der Waals surface area contributed by atoms with Crippen LogP contribution in [0, 0.1) is 15.5 Å². The molecule has 23 heavy (non-hydrogen) atoms. The van der Waals surface area contributed by atoms with Gasteiger partial charge in [-0.2, -0.15) is 0 Å². The van der Waals surface area contributed by atoms with Crippen LogP contribution in [0.4, 0.5) is 5.69 Å². The number of benzene rings is 1. The molecule has 1 fully saturated rings. The van der Waals surface area contributed by atoms with Gasteiger partial charge in [0.1, 0.15) is 0 Å². The molecule has 0 saturated heterocycles. The molecule has 6 heteroatoms. The summed E-state index contributed by atoms with van der Waals surface area (Å²) in [4.78, 5) is 22.5. The molecule has 2 rings (SSSR count). The van der Waals surface area contributed by atoms with Gasteiger partial charge in [0, 0.05) is 23.6 Å². The van der Waals surface area contributed by atoms with Crippen molar-refractivity contribution in [3.63, 3.8) is 0 Å². The molecular weight excluding hydrogens is 296 g/mol. The van der Waals surface area contributed by atoms with Crippen molar-refractivity contribution in [2.75, 3.05) is 0 Å². The SMILES string of the molecule is CC(C)OC1CC(NC(=O)Cc2cccc([N+](=O)[O-])c2)C1(C)C. The highest BCUT2D eigenvalue weighted by Gasteiger charge is 2.49. The van der Waals surface area contributed by atoms with Crippen LogP contribution in [0.3, 0.4) is 0 Å². The Morgan fingerprint density at radius 2 is 2.17 bits per heavy atom. The first-order chi connectivity index (χ1) is 10.7. The first-order valence-corrected chi connectivity index (χ1v) is 7.88. The monoisotopic (exact) mass is 320 g/mol. The molecule has 2 unspecified atom stereocenters. The van der Waals surface area contributed by atoms with Gasteiger partial charge in [0.15, 0.2) is 0 Å². The zero-order valence-electron chi connectivity index (χ0n) is 14.0. The number of nitro benzene ring substituents is 1. The van der Waals surface area contributed by atoms with E-state index in [0.29, 0.717) is 5.56 Å². The van der Waals surface area contributed by atoms with Crippen LogP contribution in [0.1, 0.15) is 39.7 Å². The van der Waals surface area contributed by atoms with Gasteiger partial charge in [-0.1, -0.05) is 26.0 Å². The predicted molar refractivity (Wildman–Crippen MR) is 87.1 cm³/mol. The fourth-order valence-corrected chi connectivity index (χ4v) is 2.90. The number of amides is 1. The van der Waals surface area contributed by atoms with Crippen LogP contribution >= 0.6 is 0 Å². The van der Waals surface area contributed by atoms with Crippen LogP contribution < -0.4 is 5.32 Å². The van der Waals surface area contributed by atoms with Gasteiger partial charge in [-0.25, -0.2) is 0 Å². The quantitative estimate of drug-likeness (QED) is 0.645. The zero-order valence-corrected chi connectivity index (χ0v) is 14.0. The number of nitro groups is 1. The molecule has 0 spiro atoms. The maximum atomic E-state index is 12.2. The Kier molecular flexibility index (Phi) is 5.04. The molecule has 0 heterocycles. The normalized spacial score (nSPS) is 22.5. The number of ether oxygens (including phenoxy) is 1. The highest BCUT2D eigenvalue weighted by Crippen LogP contribution is 2.43. The molecule has 0 radical (unpaired) electrons. The molecule has 6 nitrogen and oxygen atoms in total. The number of hydrogen-bond acceptors (Lipinski definition) is 4. The first kappa shape index (κ1) is 17.4. The lowest BCUT2D eigenvalue weighted by atomic mass is 9.64. The van der Waals surface area contributed by atoms with E-state index >= 15 is 0 Å². The Morgan fingerprint density at radius 3 is 2.74 bits per heavy atom. The number of carbonyl (C=O) groups is 1. The number of nitrogens with zero attached hydrogens (tertiary/aromatic N) is 1. The third-order valence-corrected chi connectivity index (χ3v) is 4.44. The third-order valence-electron chi connectivity index (χ3n) is 4.44. The molecule has 1 aliphatic carbocycles. The summed E-state index contributed by atoms with van der Waals surface area (Å²) in [5, 5.41) is 13.8. The van der Waals surface area contributed by atoms with Gasteiger partial charge in [0.25, 0.3) is 5.69 Å². The van der Waals surface area contributed by atoms with E-state index in [1.54, 1.807) is 12.1 Å². The van der Waals surface area contributed by atoms with Crippen LogP contribution in [-0.4, -0.2) is 29.1 Å². The molecule has 0 bridgehead atoms. The van der Waals surface area contributed by atoms with Crippen molar-refractivity contribution in [2.24, 2.45) is 5.41 Å². The van der Waals surface area contributed by atoms with Crippen molar-refractivity contribution in [2.45, 2.75) is 58.8 Å². The van der Waals surface area contributed by atoms with E-state index in [4.69, 9.17) is 4.74 Å². The molecule has 0 aromatic heterocycles. The molecule has 2 atom stereocenters. The van der Waals surface area contributed by atoms with E-state index in [0.717, 1.165) is 6.42 Å². The molecular formula is C17H24N2O4. The van der Waals surface area contributed by atoms with Crippen LogP contribution in [0.15, 0.2) is 24.3 Å². The van der Waals surface area contributed by atoms with Crippen LogP contribution in [-0.2, 0) is 16.0 Å². The highest BCUT2D eigenvalue weighted by atomic mass is 16.6. The van der Waals surface area contributed by atoms with E-state index in [1.807, 2.05) is 13.8 Å². The van der Waals surface area contributed by atoms with E-state index in [1.165, 1.54) is 12.1 Å². The fraction of sp³-hybridized carbons (Fsp3) is 0.588. The topological polar surface area (TPSA) is 81.5 Å². The van der Waals surface area contributed by atoms with Gasteiger partial charge in [0.2, 0.25) is 5.91 Å². The number of nitrogens with one attached hydrogen (secondary N) is 1. The van der Waals surface area contributed by atoms with Gasteiger partial charge < -0.3 is 10.1 Å². The summed E-state index contributed by atoms with van der Waals surface area (Å²) in [6.07, 6.45) is 1.25. The summed E-state index contributed by atoms with van der Waals surface area (Å²) in [6.45, 7) is 8.18. The number of carbonyl (C=O) groups excluding carboxylic acids is 1. The van der Waals surface area contributed by atoms with Gasteiger partial charge in [-0.15, -0.1) is 0 Å². The lowest BCUT2D eigenvalue weighted by molar-refractivity contribution is -0.384. The van der Waals surface area contributed by atoms with E-state index in [-0.39, 0.29) is 41.7 Å². The molecule has 1 aromatic rings. The van der Waals surface area contributed by atoms with Crippen molar-refractivity contribution in [1.82, 2.24) is 5.32 Å². The fourth-order valence-electron chi connectivity index (χ4n) is 2.90. The van der Waals surface area contributed by atoms with E-state index in [9.17, 15) is 14.9 Å². The molecule has 1 saturated carbocycles. The minimum Gasteiger partial charge on any atom is -0.375 e. The van der Waals surface area contributed by atoms with Crippen molar-refractivity contribution in [3.05, 3.63) is 39.9 Å². The molecule has 126 valence electrons. The first-order valence-electron chi connectivity index (χ1n) is 7.88. The molecule has 1 aliphatic rings. The Morgan fingerprint density at radius 1 is 1.48 bits per heavy atom. The lowest BCUT2D eigenvalue weighted by Gasteiger charge is -2.52. The second-order valence-corrected chi connectivity index (χ2v) is 6.95. The summed E-state index contributed by atoms with van der Waals surface area (Å²) in [5.74, 6) is -0.119. The van der Waals surface area contributed by atoms with Gasteiger partial charge >= 0.3 is 0 Å². The number of non-ortho nitro benzene ring substituents is 1. The summed E-state index contributed by atoms with van der Waals surface area (Å²) in [5.41, 5.74) is 0.538. The number of hydrogen-bond donors (Lipinski definition) is 1. The van der Waals surface area contributed by atoms with Crippen LogP contribution in [0.25, 0.3) is 0 Å². The maximum Gasteiger partial charge on any atom is 0.269 e. The standard InChI is InChI=1S/C17H24N2O4/c1-11(2)23-15-10-14(17(15,3)4)18-16(20)9-12-6-5-7-13(8-12)19(21)22/h5-8,11,14-15H,9-10H2,1-4H3,(H,18,20). The van der Waals surface area contributed by atoms with Gasteiger partial charge in [0.05, 0.1) is 23.6 Å². The lowest BCUT2D eigenvalue weighted by Crippen LogP contribution is -2.62. The average Bonchev–Trinajstić information content (AvgIpc) is 2.46. The Balaban J connectivity index is 1.91. The van der Waals surface area contributed by atoms with Crippen LogP contribution in [0.5, 0.6) is 0 Å². The Labute approximate surface area is 136 Å². The predicted octanol–water partition coefficient (Wildman–Crippen LogP) is 2.85. The third kappa shape index (κ3) is 4.07. The molecule has 0 aliphatic heterocycles. The van der Waals surface area contributed by atoms with Gasteiger partial charge in [-0.3, -0.25) is 14.9 Å². The summed E-state index contributed by atoms with van der Waals surface area (Å²) < 4.78 is 5.85. The molecule has 1 amide bonds. The minimum atomic E-state index is -0.454.